The van der Waals surface area contributed by atoms with Crippen LogP contribution in [-0.2, 0) is 31.5 Å². The van der Waals surface area contributed by atoms with Crippen molar-refractivity contribution in [2.45, 2.75) is 37.1 Å². The average molecular weight is 680 g/mol. The molecule has 0 spiro atoms. The molecular formula is C15H6F18FeO6. The van der Waals surface area contributed by atoms with Crippen molar-refractivity contribution in [3.63, 3.8) is 0 Å². The van der Waals surface area contributed by atoms with Gasteiger partial charge in [-0.25, -0.2) is 0 Å². The summed E-state index contributed by atoms with van der Waals surface area (Å²) in [7, 11) is 0. The molecule has 0 amide bonds. The molecule has 40 heavy (non-hydrogen) atoms. The number of carbonyl (C=O) groups is 3. The molecule has 3 N–H and O–H groups in total. The van der Waals surface area contributed by atoms with Crippen LogP contribution in [0.1, 0.15) is 0 Å². The number of halogens is 18. The van der Waals surface area contributed by atoms with E-state index in [2.05, 4.69) is 0 Å². The largest absolute Gasteiger partial charge is 0.504 e. The summed E-state index contributed by atoms with van der Waals surface area (Å²) in [5.74, 6) is -16.0. The maximum atomic E-state index is 11.4. The van der Waals surface area contributed by atoms with E-state index >= 15 is 0 Å². The number of allylic oxidation sites excluding steroid dienone is 6. The number of aliphatic hydroxyl groups is 3. The molecule has 25 heteroatoms. The number of aliphatic hydroxyl groups excluding tert-OH is 3. The zero-order valence-electron chi connectivity index (χ0n) is 17.5. The molecule has 0 fully saturated rings. The molecule has 236 valence electrons. The predicted molar refractivity (Wildman–Crippen MR) is 83.5 cm³/mol. The summed E-state index contributed by atoms with van der Waals surface area (Å²) in [5.41, 5.74) is 0. The Morgan fingerprint density at radius 2 is 0.475 bits per heavy atom. The first kappa shape index (κ1) is 43.9. The van der Waals surface area contributed by atoms with Crippen molar-refractivity contribution in [3.05, 3.63) is 35.5 Å². The number of carbonyl (C=O) groups excluding carboxylic acids is 3. The Labute approximate surface area is 216 Å². The van der Waals surface area contributed by atoms with Gasteiger partial charge in [-0.3, -0.25) is 14.4 Å². The molecule has 0 aliphatic rings. The summed E-state index contributed by atoms with van der Waals surface area (Å²) in [4.78, 5) is 29.6. The van der Waals surface area contributed by atoms with Gasteiger partial charge >= 0.3 is 37.1 Å². The van der Waals surface area contributed by atoms with Crippen molar-refractivity contribution >= 4 is 17.3 Å². The van der Waals surface area contributed by atoms with Crippen LogP contribution in [0, 0.1) is 0 Å². The summed E-state index contributed by atoms with van der Waals surface area (Å²) < 4.78 is 204. The zero-order chi connectivity index (χ0) is 32.6. The first-order chi connectivity index (χ1) is 16.6. The fourth-order valence-electron chi connectivity index (χ4n) is 0.864. The minimum atomic E-state index is -5.42. The predicted octanol–water partition coefficient (Wildman–Crippen LogP) is 6.36. The first-order valence-electron chi connectivity index (χ1n) is 7.92. The Bertz CT molecular complexity index is 834. The minimum Gasteiger partial charge on any atom is -0.504 e. The topological polar surface area (TPSA) is 112 Å². The third-order valence-electron chi connectivity index (χ3n) is 2.51. The summed E-state index contributed by atoms with van der Waals surface area (Å²) in [6.07, 6.45) is -35.0. The Morgan fingerprint density at radius 3 is 0.550 bits per heavy atom. The van der Waals surface area contributed by atoms with Crippen LogP contribution in [0.2, 0.25) is 0 Å². The monoisotopic (exact) mass is 680 g/mol. The number of rotatable bonds is 3. The second kappa shape index (κ2) is 15.0. The van der Waals surface area contributed by atoms with E-state index in [1.165, 1.54) is 0 Å². The van der Waals surface area contributed by atoms with Crippen molar-refractivity contribution in [2.24, 2.45) is 0 Å². The molecule has 0 aromatic rings. The molecule has 0 aromatic carbocycles. The van der Waals surface area contributed by atoms with Crippen LogP contribution in [0.4, 0.5) is 79.0 Å². The van der Waals surface area contributed by atoms with Crippen LogP contribution >= 0.6 is 0 Å². The van der Waals surface area contributed by atoms with Gasteiger partial charge in [0.2, 0.25) is 17.3 Å². The maximum absolute atomic E-state index is 11.4. The number of ketones is 3. The molecule has 0 aliphatic carbocycles. The van der Waals surface area contributed by atoms with Crippen molar-refractivity contribution in [3.8, 4) is 0 Å². The van der Waals surface area contributed by atoms with Gasteiger partial charge in [-0.05, 0) is 0 Å². The number of hydrogen-bond acceptors (Lipinski definition) is 6. The smallest absolute Gasteiger partial charge is 0.454 e. The normalized spacial score (nSPS) is 14.1. The molecule has 0 saturated carbocycles. The van der Waals surface area contributed by atoms with Gasteiger partial charge in [0.1, 0.15) is 0 Å². The van der Waals surface area contributed by atoms with E-state index in [0.717, 1.165) is 0 Å². The van der Waals surface area contributed by atoms with Crippen LogP contribution < -0.4 is 0 Å². The van der Waals surface area contributed by atoms with E-state index in [0.29, 0.717) is 0 Å². The van der Waals surface area contributed by atoms with E-state index in [9.17, 15) is 93.4 Å². The van der Waals surface area contributed by atoms with Gasteiger partial charge in [0.05, 0.1) is 0 Å². The van der Waals surface area contributed by atoms with Gasteiger partial charge in [-0.15, -0.1) is 0 Å². The Balaban J connectivity index is -0.000000240. The van der Waals surface area contributed by atoms with Gasteiger partial charge in [-0.1, -0.05) is 0 Å². The number of hydrogen-bond donors (Lipinski definition) is 3. The Hall–Kier alpha value is -3.11. The van der Waals surface area contributed by atoms with E-state index in [4.69, 9.17) is 15.3 Å². The molecular weight excluding hydrogens is 674 g/mol. The Morgan fingerprint density at radius 1 is 0.350 bits per heavy atom. The molecule has 0 saturated heterocycles. The van der Waals surface area contributed by atoms with Crippen LogP contribution in [0.15, 0.2) is 35.5 Å². The fourth-order valence-corrected chi connectivity index (χ4v) is 0.864. The quantitative estimate of drug-likeness (QED) is 0.139. The van der Waals surface area contributed by atoms with Gasteiger partial charge in [-0.2, -0.15) is 79.0 Å². The molecule has 0 unspecified atom stereocenters. The molecule has 0 heterocycles. The van der Waals surface area contributed by atoms with Gasteiger partial charge < -0.3 is 15.3 Å². The van der Waals surface area contributed by atoms with Crippen LogP contribution in [0.3, 0.4) is 0 Å². The molecule has 0 bridgehead atoms. The molecule has 0 aliphatic heterocycles. The third kappa shape index (κ3) is 19.9. The zero-order valence-corrected chi connectivity index (χ0v) is 18.6. The van der Waals surface area contributed by atoms with E-state index in [-0.39, 0.29) is 17.1 Å². The van der Waals surface area contributed by atoms with Gasteiger partial charge in [0.15, 0.2) is 0 Å². The molecule has 0 radical (unpaired) electrons. The number of alkyl halides is 18. The molecule has 0 atom stereocenters. The maximum Gasteiger partial charge on any atom is 0.454 e. The summed E-state index contributed by atoms with van der Waals surface area (Å²) in [6.45, 7) is 0. The van der Waals surface area contributed by atoms with Crippen molar-refractivity contribution in [2.75, 3.05) is 0 Å². The van der Waals surface area contributed by atoms with Crippen molar-refractivity contribution < 1.29 is 126 Å². The van der Waals surface area contributed by atoms with Gasteiger partial charge in [0, 0.05) is 35.3 Å². The average Bonchev–Trinajstić information content (AvgIpc) is 2.64. The standard InChI is InChI=1S/3C5H2F6O2.Fe/c3*6-4(7,8)2(12)1-3(13)5(9,10)11;/h3*1,12H;. The van der Waals surface area contributed by atoms with Gasteiger partial charge in [0.25, 0.3) is 17.3 Å². The second-order valence-electron chi connectivity index (χ2n) is 5.67. The van der Waals surface area contributed by atoms with Crippen LogP contribution in [-0.4, -0.2) is 69.7 Å². The van der Waals surface area contributed by atoms with Crippen molar-refractivity contribution in [1.82, 2.24) is 0 Å². The molecule has 0 aromatic heterocycles. The van der Waals surface area contributed by atoms with E-state index in [1.54, 1.807) is 0 Å². The van der Waals surface area contributed by atoms with Crippen LogP contribution in [0.5, 0.6) is 0 Å². The fraction of sp³-hybridized carbons (Fsp3) is 0.400. The third-order valence-corrected chi connectivity index (χ3v) is 2.51. The first-order valence-corrected chi connectivity index (χ1v) is 7.92. The summed E-state index contributed by atoms with van der Waals surface area (Å²) in [6, 6.07) is 0. The van der Waals surface area contributed by atoms with Crippen LogP contribution in [0.25, 0.3) is 0 Å². The minimum absolute atomic E-state index is 0. The summed E-state index contributed by atoms with van der Waals surface area (Å²) in [5, 5.41) is 23.8. The van der Waals surface area contributed by atoms with Crippen molar-refractivity contribution in [1.29, 1.82) is 0 Å². The second-order valence-corrected chi connectivity index (χ2v) is 5.67. The summed E-state index contributed by atoms with van der Waals surface area (Å²) >= 11 is 0. The van der Waals surface area contributed by atoms with E-state index in [1.807, 2.05) is 0 Å². The molecule has 0 rings (SSSR count). The van der Waals surface area contributed by atoms with E-state index < -0.39 is 89.9 Å². The Kier molecular flexibility index (Phi) is 16.5. The molecule has 6 nitrogen and oxygen atoms in total. The SMILES string of the molecule is O=C(C=C(O)C(F)(F)F)C(F)(F)F.O=C(C=C(O)C(F)(F)F)C(F)(F)F.O=C(C=C(O)C(F)(F)F)C(F)(F)F.[Fe].